The lowest BCUT2D eigenvalue weighted by Crippen LogP contribution is -2.11. The van der Waals surface area contributed by atoms with Crippen LogP contribution in [0.25, 0.3) is 0 Å². The summed E-state index contributed by atoms with van der Waals surface area (Å²) in [5, 5.41) is 0.445. The zero-order valence-corrected chi connectivity index (χ0v) is 10.4. The van der Waals surface area contributed by atoms with Crippen LogP contribution >= 0.6 is 11.8 Å². The maximum Gasteiger partial charge on any atom is 0.136 e. The molecule has 0 amide bonds. The van der Waals surface area contributed by atoms with Gasteiger partial charge in [0.1, 0.15) is 11.5 Å². The lowest BCUT2D eigenvalue weighted by atomic mass is 10.1. The minimum absolute atomic E-state index is 0.201. The molecular formula is C13H16O2S. The molecule has 1 fully saturated rings. The van der Waals surface area contributed by atoms with E-state index >= 15 is 0 Å². The van der Waals surface area contributed by atoms with Crippen LogP contribution in [0, 0.1) is 5.92 Å². The Morgan fingerprint density at radius 3 is 2.50 bits per heavy atom. The molecule has 2 atom stereocenters. The Kier molecular flexibility index (Phi) is 3.54. The maximum absolute atomic E-state index is 11.4. The Bertz CT molecular complexity index is 372. The molecule has 1 aliphatic rings. The van der Waals surface area contributed by atoms with Crippen molar-refractivity contribution in [3.8, 4) is 5.75 Å². The second-order valence-electron chi connectivity index (χ2n) is 4.13. The van der Waals surface area contributed by atoms with Crippen molar-refractivity contribution in [2.24, 2.45) is 5.92 Å². The van der Waals surface area contributed by atoms with E-state index in [1.807, 2.05) is 19.1 Å². The summed E-state index contributed by atoms with van der Waals surface area (Å²) in [5.74, 6) is 1.48. The topological polar surface area (TPSA) is 26.3 Å². The fraction of sp³-hybridized carbons (Fsp3) is 0.462. The van der Waals surface area contributed by atoms with E-state index in [1.165, 1.54) is 4.90 Å². The molecule has 0 spiro atoms. The van der Waals surface area contributed by atoms with Crippen molar-refractivity contribution in [2.45, 2.75) is 29.9 Å². The molecule has 1 aliphatic carbocycles. The van der Waals surface area contributed by atoms with Crippen molar-refractivity contribution >= 4 is 17.5 Å². The number of carbonyl (C=O) groups excluding carboxylic acids is 1. The van der Waals surface area contributed by atoms with E-state index < -0.39 is 0 Å². The number of methoxy groups -OCH3 is 1. The van der Waals surface area contributed by atoms with Gasteiger partial charge >= 0.3 is 0 Å². The van der Waals surface area contributed by atoms with Gasteiger partial charge in [0, 0.05) is 22.5 Å². The second-order valence-corrected chi connectivity index (χ2v) is 5.44. The number of rotatable bonds is 3. The van der Waals surface area contributed by atoms with Gasteiger partial charge in [0.25, 0.3) is 0 Å². The summed E-state index contributed by atoms with van der Waals surface area (Å²) >= 11 is 1.81. The summed E-state index contributed by atoms with van der Waals surface area (Å²) in [7, 11) is 1.67. The van der Waals surface area contributed by atoms with Crippen LogP contribution in [0.4, 0.5) is 0 Å². The van der Waals surface area contributed by atoms with Crippen molar-refractivity contribution < 1.29 is 9.53 Å². The fourth-order valence-electron chi connectivity index (χ4n) is 1.96. The third-order valence-electron chi connectivity index (χ3n) is 3.09. The molecule has 2 unspecified atom stereocenters. The third kappa shape index (κ3) is 2.40. The van der Waals surface area contributed by atoms with E-state index in [0.717, 1.165) is 18.6 Å². The van der Waals surface area contributed by atoms with E-state index in [2.05, 4.69) is 12.1 Å². The SMILES string of the molecule is COc1ccc(SC2CCC(=O)C2C)cc1. The number of thioether (sulfide) groups is 1. The van der Waals surface area contributed by atoms with Gasteiger partial charge in [0.2, 0.25) is 0 Å². The number of ketones is 1. The quantitative estimate of drug-likeness (QED) is 0.806. The standard InChI is InChI=1S/C13H16O2S/c1-9-12(14)7-8-13(9)16-11-5-3-10(15-2)4-6-11/h3-6,9,13H,7-8H2,1-2H3. The summed E-state index contributed by atoms with van der Waals surface area (Å²) in [5.41, 5.74) is 0. The summed E-state index contributed by atoms with van der Waals surface area (Å²) in [6, 6.07) is 8.03. The first-order valence-electron chi connectivity index (χ1n) is 5.54. The minimum Gasteiger partial charge on any atom is -0.497 e. The van der Waals surface area contributed by atoms with Gasteiger partial charge < -0.3 is 4.74 Å². The predicted molar refractivity (Wildman–Crippen MR) is 66.0 cm³/mol. The highest BCUT2D eigenvalue weighted by Gasteiger charge is 2.31. The molecule has 1 aromatic rings. The normalized spacial score (nSPS) is 24.8. The van der Waals surface area contributed by atoms with Crippen LogP contribution in [0.15, 0.2) is 29.2 Å². The van der Waals surface area contributed by atoms with Gasteiger partial charge in [-0.3, -0.25) is 4.79 Å². The van der Waals surface area contributed by atoms with E-state index in [0.29, 0.717) is 11.0 Å². The number of hydrogen-bond donors (Lipinski definition) is 0. The molecule has 0 bridgehead atoms. The fourth-order valence-corrected chi connectivity index (χ4v) is 3.19. The zero-order chi connectivity index (χ0) is 11.5. The van der Waals surface area contributed by atoms with Gasteiger partial charge in [-0.05, 0) is 30.7 Å². The summed E-state index contributed by atoms with van der Waals surface area (Å²) < 4.78 is 5.11. The molecule has 0 radical (unpaired) electrons. The van der Waals surface area contributed by atoms with Gasteiger partial charge in [-0.1, -0.05) is 6.92 Å². The molecule has 2 nitrogen and oxygen atoms in total. The lowest BCUT2D eigenvalue weighted by molar-refractivity contribution is -0.120. The predicted octanol–water partition coefficient (Wildman–Crippen LogP) is 3.15. The first kappa shape index (κ1) is 11.5. The van der Waals surface area contributed by atoms with Crippen molar-refractivity contribution in [2.75, 3.05) is 7.11 Å². The molecule has 0 aromatic heterocycles. The van der Waals surface area contributed by atoms with Crippen LogP contribution in [0.5, 0.6) is 5.75 Å². The van der Waals surface area contributed by atoms with Gasteiger partial charge in [0.15, 0.2) is 0 Å². The molecule has 1 aromatic carbocycles. The van der Waals surface area contributed by atoms with E-state index in [1.54, 1.807) is 18.9 Å². The maximum atomic E-state index is 11.4. The van der Waals surface area contributed by atoms with Crippen LogP contribution in [-0.2, 0) is 4.79 Å². The first-order chi connectivity index (χ1) is 7.70. The largest absolute Gasteiger partial charge is 0.497 e. The van der Waals surface area contributed by atoms with Crippen LogP contribution < -0.4 is 4.74 Å². The molecule has 86 valence electrons. The smallest absolute Gasteiger partial charge is 0.136 e. The monoisotopic (exact) mass is 236 g/mol. The van der Waals surface area contributed by atoms with Crippen LogP contribution in [0.3, 0.4) is 0 Å². The highest BCUT2D eigenvalue weighted by atomic mass is 32.2. The number of Topliss-reactive ketones (excluding diaryl/α,β-unsaturated/α-hetero) is 1. The van der Waals surface area contributed by atoms with Crippen LogP contribution in [-0.4, -0.2) is 18.1 Å². The molecule has 16 heavy (non-hydrogen) atoms. The number of hydrogen-bond acceptors (Lipinski definition) is 3. The highest BCUT2D eigenvalue weighted by Crippen LogP contribution is 2.37. The number of ether oxygens (including phenoxy) is 1. The van der Waals surface area contributed by atoms with Gasteiger partial charge in [-0.2, -0.15) is 0 Å². The Hall–Kier alpha value is -0.960. The number of carbonyl (C=O) groups is 1. The van der Waals surface area contributed by atoms with Crippen molar-refractivity contribution in [1.82, 2.24) is 0 Å². The van der Waals surface area contributed by atoms with Crippen molar-refractivity contribution in [1.29, 1.82) is 0 Å². The van der Waals surface area contributed by atoms with Crippen molar-refractivity contribution in [3.05, 3.63) is 24.3 Å². The summed E-state index contributed by atoms with van der Waals surface area (Å²) in [6.07, 6.45) is 1.76. The zero-order valence-electron chi connectivity index (χ0n) is 9.60. The number of benzene rings is 1. The van der Waals surface area contributed by atoms with E-state index in [-0.39, 0.29) is 5.92 Å². The average Bonchev–Trinajstić information content (AvgIpc) is 2.62. The molecule has 3 heteroatoms. The molecular weight excluding hydrogens is 220 g/mol. The molecule has 0 saturated heterocycles. The third-order valence-corrected chi connectivity index (χ3v) is 4.58. The molecule has 1 saturated carbocycles. The van der Waals surface area contributed by atoms with Crippen LogP contribution in [0.2, 0.25) is 0 Å². The van der Waals surface area contributed by atoms with Crippen LogP contribution in [0.1, 0.15) is 19.8 Å². The molecule has 2 rings (SSSR count). The minimum atomic E-state index is 0.201. The van der Waals surface area contributed by atoms with Gasteiger partial charge in [0.05, 0.1) is 7.11 Å². The van der Waals surface area contributed by atoms with Crippen molar-refractivity contribution in [3.63, 3.8) is 0 Å². The average molecular weight is 236 g/mol. The lowest BCUT2D eigenvalue weighted by Gasteiger charge is -2.13. The summed E-state index contributed by atoms with van der Waals surface area (Å²) in [4.78, 5) is 12.7. The Morgan fingerprint density at radius 2 is 2.00 bits per heavy atom. The first-order valence-corrected chi connectivity index (χ1v) is 6.42. The Balaban J connectivity index is 2.01. The molecule has 0 heterocycles. The van der Waals surface area contributed by atoms with Gasteiger partial charge in [-0.25, -0.2) is 0 Å². The Labute approximate surface area is 100 Å². The molecule has 0 aliphatic heterocycles. The molecule has 0 N–H and O–H groups in total. The second kappa shape index (κ2) is 4.91. The summed E-state index contributed by atoms with van der Waals surface area (Å²) in [6.45, 7) is 2.04. The van der Waals surface area contributed by atoms with Gasteiger partial charge in [-0.15, -0.1) is 11.8 Å². The Morgan fingerprint density at radius 1 is 1.31 bits per heavy atom. The van der Waals surface area contributed by atoms with E-state index in [9.17, 15) is 4.79 Å². The van der Waals surface area contributed by atoms with E-state index in [4.69, 9.17) is 4.74 Å². The highest BCUT2D eigenvalue weighted by molar-refractivity contribution is 8.00.